The highest BCUT2D eigenvalue weighted by molar-refractivity contribution is 7.87. The standard InChI is InChI=1S/C10H15NO7S/c1-2-3-4-5-9(13)18-11-8(12)6-7(10(11)14)19(15,16)17/h7H,2-6H2,1H3,(H,15,16,17). The van der Waals surface area contributed by atoms with Gasteiger partial charge in [-0.3, -0.25) is 14.1 Å². The lowest BCUT2D eigenvalue weighted by molar-refractivity contribution is -0.197. The highest BCUT2D eigenvalue weighted by Crippen LogP contribution is 2.20. The molecule has 1 aliphatic rings. The van der Waals surface area contributed by atoms with Crippen molar-refractivity contribution in [1.82, 2.24) is 5.06 Å². The Kier molecular flexibility index (Phi) is 5.01. The van der Waals surface area contributed by atoms with Crippen LogP contribution in [0.2, 0.25) is 0 Å². The first-order valence-electron chi connectivity index (χ1n) is 5.81. The number of hydrogen-bond donors (Lipinski definition) is 1. The van der Waals surface area contributed by atoms with E-state index in [1.807, 2.05) is 6.92 Å². The van der Waals surface area contributed by atoms with Gasteiger partial charge in [0.2, 0.25) is 0 Å². The molecule has 1 saturated heterocycles. The number of carbonyl (C=O) groups is 3. The fourth-order valence-electron chi connectivity index (χ4n) is 1.58. The van der Waals surface area contributed by atoms with Crippen molar-refractivity contribution >= 4 is 27.9 Å². The van der Waals surface area contributed by atoms with Crippen LogP contribution in [-0.4, -0.2) is 41.1 Å². The van der Waals surface area contributed by atoms with Crippen LogP contribution in [0.4, 0.5) is 0 Å². The van der Waals surface area contributed by atoms with Crippen molar-refractivity contribution in [1.29, 1.82) is 0 Å². The summed E-state index contributed by atoms with van der Waals surface area (Å²) in [6.07, 6.45) is 1.54. The lowest BCUT2D eigenvalue weighted by Crippen LogP contribution is -2.36. The molecular formula is C10H15NO7S. The maximum absolute atomic E-state index is 11.5. The lowest BCUT2D eigenvalue weighted by Gasteiger charge is -2.12. The van der Waals surface area contributed by atoms with Crippen molar-refractivity contribution in [2.75, 3.05) is 0 Å². The average Bonchev–Trinajstić information content (AvgIpc) is 2.57. The van der Waals surface area contributed by atoms with Gasteiger partial charge in [0.1, 0.15) is 0 Å². The van der Waals surface area contributed by atoms with Crippen LogP contribution in [0.5, 0.6) is 0 Å². The number of unbranched alkanes of at least 4 members (excludes halogenated alkanes) is 2. The van der Waals surface area contributed by atoms with Gasteiger partial charge in [-0.05, 0) is 6.42 Å². The molecule has 1 unspecified atom stereocenters. The van der Waals surface area contributed by atoms with E-state index in [9.17, 15) is 22.8 Å². The quantitative estimate of drug-likeness (QED) is 0.417. The number of nitrogens with zero attached hydrogens (tertiary/aromatic N) is 1. The van der Waals surface area contributed by atoms with Crippen LogP contribution in [0.15, 0.2) is 0 Å². The van der Waals surface area contributed by atoms with Gasteiger partial charge in [0.05, 0.1) is 6.42 Å². The Morgan fingerprint density at radius 3 is 2.53 bits per heavy atom. The molecule has 0 aromatic heterocycles. The number of carbonyl (C=O) groups excluding carboxylic acids is 3. The first-order chi connectivity index (χ1) is 8.77. The SMILES string of the molecule is CCCCCC(=O)ON1C(=O)CC(S(=O)(=O)O)C1=O. The Hall–Kier alpha value is -1.48. The predicted molar refractivity (Wildman–Crippen MR) is 62.0 cm³/mol. The van der Waals surface area contributed by atoms with Crippen LogP contribution < -0.4 is 0 Å². The van der Waals surface area contributed by atoms with Crippen LogP contribution >= 0.6 is 0 Å². The summed E-state index contributed by atoms with van der Waals surface area (Å²) in [5, 5.41) is -1.77. The molecule has 108 valence electrons. The summed E-state index contributed by atoms with van der Waals surface area (Å²) in [6.45, 7) is 1.94. The van der Waals surface area contributed by atoms with Gasteiger partial charge in [-0.15, -0.1) is 5.06 Å². The minimum atomic E-state index is -4.68. The Morgan fingerprint density at radius 1 is 1.42 bits per heavy atom. The zero-order valence-electron chi connectivity index (χ0n) is 10.4. The van der Waals surface area contributed by atoms with Gasteiger partial charge < -0.3 is 4.84 Å². The Balaban J connectivity index is 2.62. The van der Waals surface area contributed by atoms with Gasteiger partial charge >= 0.3 is 5.97 Å². The number of hydrogen-bond acceptors (Lipinski definition) is 6. The molecular weight excluding hydrogens is 278 g/mol. The third-order valence-electron chi connectivity index (χ3n) is 2.60. The zero-order chi connectivity index (χ0) is 14.6. The highest BCUT2D eigenvalue weighted by Gasteiger charge is 2.48. The molecule has 9 heteroatoms. The number of imide groups is 1. The van der Waals surface area contributed by atoms with Crippen molar-refractivity contribution in [3.63, 3.8) is 0 Å². The largest absolute Gasteiger partial charge is 0.333 e. The van der Waals surface area contributed by atoms with E-state index in [2.05, 4.69) is 4.84 Å². The van der Waals surface area contributed by atoms with Crippen molar-refractivity contribution in [3.8, 4) is 0 Å². The zero-order valence-corrected chi connectivity index (χ0v) is 11.2. The van der Waals surface area contributed by atoms with Crippen molar-refractivity contribution in [2.24, 2.45) is 0 Å². The van der Waals surface area contributed by atoms with Crippen molar-refractivity contribution in [2.45, 2.75) is 44.3 Å². The monoisotopic (exact) mass is 293 g/mol. The van der Waals surface area contributed by atoms with E-state index in [1.54, 1.807) is 0 Å². The molecule has 1 N–H and O–H groups in total. The van der Waals surface area contributed by atoms with Crippen LogP contribution in [0.3, 0.4) is 0 Å². The molecule has 0 spiro atoms. The molecule has 1 aliphatic heterocycles. The van der Waals surface area contributed by atoms with E-state index in [4.69, 9.17) is 4.55 Å². The maximum atomic E-state index is 11.5. The fraction of sp³-hybridized carbons (Fsp3) is 0.700. The highest BCUT2D eigenvalue weighted by atomic mass is 32.2. The van der Waals surface area contributed by atoms with Gasteiger partial charge in [0, 0.05) is 6.42 Å². The molecule has 0 aromatic rings. The van der Waals surface area contributed by atoms with E-state index in [0.717, 1.165) is 12.8 Å². The molecule has 0 aliphatic carbocycles. The molecule has 19 heavy (non-hydrogen) atoms. The van der Waals surface area contributed by atoms with Crippen molar-refractivity contribution in [3.05, 3.63) is 0 Å². The minimum Gasteiger partial charge on any atom is -0.330 e. The molecule has 1 atom stereocenters. The van der Waals surface area contributed by atoms with E-state index < -0.39 is 39.6 Å². The molecule has 1 heterocycles. The molecule has 1 rings (SSSR count). The summed E-state index contributed by atoms with van der Waals surface area (Å²) < 4.78 is 30.5. The molecule has 1 fully saturated rings. The summed E-state index contributed by atoms with van der Waals surface area (Å²) in [7, 11) is -4.68. The topological polar surface area (TPSA) is 118 Å². The number of hydroxylamine groups is 2. The third-order valence-corrected chi connectivity index (χ3v) is 3.69. The van der Waals surface area contributed by atoms with Gasteiger partial charge in [-0.2, -0.15) is 8.42 Å². The van der Waals surface area contributed by atoms with Gasteiger partial charge in [0.25, 0.3) is 21.9 Å². The van der Waals surface area contributed by atoms with E-state index >= 15 is 0 Å². The second kappa shape index (κ2) is 6.11. The third kappa shape index (κ3) is 4.00. The van der Waals surface area contributed by atoms with Crippen LogP contribution in [0.1, 0.15) is 39.0 Å². The molecule has 2 amide bonds. The molecule has 8 nitrogen and oxygen atoms in total. The second-order valence-electron chi connectivity index (χ2n) is 4.15. The summed E-state index contributed by atoms with van der Waals surface area (Å²) in [5.74, 6) is -2.99. The average molecular weight is 293 g/mol. The summed E-state index contributed by atoms with van der Waals surface area (Å²) in [5.41, 5.74) is 0. The number of amides is 2. The summed E-state index contributed by atoms with van der Waals surface area (Å²) in [4.78, 5) is 38.7. The first-order valence-corrected chi connectivity index (χ1v) is 7.31. The van der Waals surface area contributed by atoms with Crippen molar-refractivity contribution < 1.29 is 32.2 Å². The van der Waals surface area contributed by atoms with E-state index in [0.29, 0.717) is 6.42 Å². The predicted octanol–water partition coefficient (Wildman–Crippen LogP) is 0.0402. The summed E-state index contributed by atoms with van der Waals surface area (Å²) >= 11 is 0. The minimum absolute atomic E-state index is 0.0292. The number of rotatable bonds is 6. The fourth-order valence-corrected chi connectivity index (χ4v) is 2.28. The molecule has 0 saturated carbocycles. The smallest absolute Gasteiger partial charge is 0.330 e. The van der Waals surface area contributed by atoms with Crippen LogP contribution in [0.25, 0.3) is 0 Å². The van der Waals surface area contributed by atoms with E-state index in [1.165, 1.54) is 0 Å². The van der Waals surface area contributed by atoms with E-state index in [-0.39, 0.29) is 11.5 Å². The molecule has 0 bridgehead atoms. The van der Waals surface area contributed by atoms with Gasteiger partial charge in [-0.1, -0.05) is 19.8 Å². The Morgan fingerprint density at radius 2 is 2.05 bits per heavy atom. The van der Waals surface area contributed by atoms with Crippen LogP contribution in [0, 0.1) is 0 Å². The normalized spacial score (nSPS) is 19.9. The Bertz CT molecular complexity index is 484. The van der Waals surface area contributed by atoms with Gasteiger partial charge in [-0.25, -0.2) is 4.79 Å². The first kappa shape index (κ1) is 15.6. The second-order valence-corrected chi connectivity index (χ2v) is 5.75. The molecule has 0 radical (unpaired) electrons. The summed E-state index contributed by atoms with van der Waals surface area (Å²) in [6, 6.07) is 0. The van der Waals surface area contributed by atoms with Crippen LogP contribution in [-0.2, 0) is 29.3 Å². The molecule has 0 aromatic carbocycles. The van der Waals surface area contributed by atoms with Gasteiger partial charge in [0.15, 0.2) is 5.25 Å². The Labute approximate surface area is 110 Å². The maximum Gasteiger partial charge on any atom is 0.333 e. The lowest BCUT2D eigenvalue weighted by atomic mass is 10.2.